The lowest BCUT2D eigenvalue weighted by Crippen LogP contribution is -2.62. The minimum atomic E-state index is -0.488. The molecule has 3 heterocycles. The Hall–Kier alpha value is -3.34. The standard InChI is InChI=1S/C23H21N3O2/c1-2-12-25-14-20(27)26-19(23(25)28)13-17-16-10-6-7-11-18(16)24-21(17)22(26)15-8-4-3-5-9-15/h2-11,19,22,24H,1,12-14H2/t19-,22?/m1/s1. The first-order valence-corrected chi connectivity index (χ1v) is 9.54. The number of nitrogens with zero attached hydrogens (tertiary/aromatic N) is 2. The maximum Gasteiger partial charge on any atom is 0.246 e. The van der Waals surface area contributed by atoms with Crippen molar-refractivity contribution in [3.05, 3.63) is 84.1 Å². The lowest BCUT2D eigenvalue weighted by Gasteiger charge is -2.47. The molecule has 0 saturated carbocycles. The fraction of sp³-hybridized carbons (Fsp3) is 0.217. The number of nitrogens with one attached hydrogen (secondary N) is 1. The summed E-state index contributed by atoms with van der Waals surface area (Å²) < 4.78 is 0. The average Bonchev–Trinajstić information content (AvgIpc) is 3.09. The zero-order valence-corrected chi connectivity index (χ0v) is 15.5. The second kappa shape index (κ2) is 6.37. The monoisotopic (exact) mass is 371 g/mol. The summed E-state index contributed by atoms with van der Waals surface area (Å²) in [5.41, 5.74) is 4.20. The van der Waals surface area contributed by atoms with Gasteiger partial charge >= 0.3 is 0 Å². The number of rotatable bonds is 3. The quantitative estimate of drug-likeness (QED) is 0.720. The van der Waals surface area contributed by atoms with Crippen molar-refractivity contribution in [3.8, 4) is 0 Å². The first-order valence-electron chi connectivity index (χ1n) is 9.54. The Morgan fingerprint density at radius 2 is 1.82 bits per heavy atom. The zero-order valence-electron chi connectivity index (χ0n) is 15.5. The number of fused-ring (bicyclic) bond motifs is 4. The summed E-state index contributed by atoms with van der Waals surface area (Å²) in [6.45, 7) is 4.22. The van der Waals surface area contributed by atoms with Gasteiger partial charge in [0.15, 0.2) is 0 Å². The first-order chi connectivity index (χ1) is 13.7. The Morgan fingerprint density at radius 1 is 1.07 bits per heavy atom. The van der Waals surface area contributed by atoms with Crippen molar-refractivity contribution in [1.29, 1.82) is 0 Å². The summed E-state index contributed by atoms with van der Waals surface area (Å²) in [6.07, 6.45) is 2.20. The first kappa shape index (κ1) is 16.8. The Labute approximate surface area is 163 Å². The van der Waals surface area contributed by atoms with E-state index in [4.69, 9.17) is 0 Å². The van der Waals surface area contributed by atoms with Gasteiger partial charge in [-0.2, -0.15) is 0 Å². The van der Waals surface area contributed by atoms with Crippen LogP contribution in [0.1, 0.15) is 22.9 Å². The summed E-state index contributed by atoms with van der Waals surface area (Å²) in [4.78, 5) is 33.3. The predicted octanol–water partition coefficient (Wildman–Crippen LogP) is 3.04. The maximum atomic E-state index is 13.2. The molecule has 1 fully saturated rings. The van der Waals surface area contributed by atoms with Crippen LogP contribution >= 0.6 is 0 Å². The van der Waals surface area contributed by atoms with Crippen molar-refractivity contribution >= 4 is 22.7 Å². The molecule has 140 valence electrons. The average molecular weight is 371 g/mol. The van der Waals surface area contributed by atoms with Crippen LogP contribution in [0.5, 0.6) is 0 Å². The molecule has 2 aliphatic heterocycles. The zero-order chi connectivity index (χ0) is 19.3. The van der Waals surface area contributed by atoms with Crippen LogP contribution < -0.4 is 0 Å². The van der Waals surface area contributed by atoms with E-state index < -0.39 is 6.04 Å². The number of benzene rings is 2. The topological polar surface area (TPSA) is 56.4 Å². The van der Waals surface area contributed by atoms with Gasteiger partial charge < -0.3 is 14.8 Å². The van der Waals surface area contributed by atoms with E-state index in [1.807, 2.05) is 48.5 Å². The molecule has 5 heteroatoms. The largest absolute Gasteiger partial charge is 0.356 e. The number of aromatic amines is 1. The number of aromatic nitrogens is 1. The van der Waals surface area contributed by atoms with Crippen molar-refractivity contribution in [3.63, 3.8) is 0 Å². The summed E-state index contributed by atoms with van der Waals surface area (Å²) >= 11 is 0. The van der Waals surface area contributed by atoms with E-state index in [1.54, 1.807) is 15.9 Å². The number of carbonyl (C=O) groups excluding carboxylic acids is 2. The molecule has 28 heavy (non-hydrogen) atoms. The highest BCUT2D eigenvalue weighted by Gasteiger charge is 2.47. The minimum Gasteiger partial charge on any atom is -0.356 e. The second-order valence-electron chi connectivity index (χ2n) is 7.40. The molecule has 1 N–H and O–H groups in total. The number of piperazine rings is 1. The third kappa shape index (κ3) is 2.39. The second-order valence-corrected chi connectivity index (χ2v) is 7.40. The smallest absolute Gasteiger partial charge is 0.246 e. The normalized spacial score (nSPS) is 21.6. The highest BCUT2D eigenvalue weighted by molar-refractivity contribution is 5.97. The van der Waals surface area contributed by atoms with Gasteiger partial charge in [0.2, 0.25) is 11.8 Å². The van der Waals surface area contributed by atoms with E-state index in [0.717, 1.165) is 27.7 Å². The number of para-hydroxylation sites is 1. The lowest BCUT2D eigenvalue weighted by atomic mass is 9.86. The number of amides is 2. The molecule has 2 aromatic carbocycles. The van der Waals surface area contributed by atoms with Crippen LogP contribution in [0.2, 0.25) is 0 Å². The van der Waals surface area contributed by atoms with E-state index in [9.17, 15) is 9.59 Å². The summed E-state index contributed by atoms with van der Waals surface area (Å²) in [5, 5.41) is 1.12. The van der Waals surface area contributed by atoms with Gasteiger partial charge in [-0.15, -0.1) is 6.58 Å². The Balaban J connectivity index is 1.72. The van der Waals surface area contributed by atoms with E-state index in [1.165, 1.54) is 0 Å². The van der Waals surface area contributed by atoms with Gasteiger partial charge in [-0.25, -0.2) is 0 Å². The van der Waals surface area contributed by atoms with Crippen LogP contribution in [0.3, 0.4) is 0 Å². The van der Waals surface area contributed by atoms with Crippen molar-refractivity contribution in [2.75, 3.05) is 13.1 Å². The SMILES string of the molecule is C=CCN1CC(=O)N2C(c3ccccc3)c3[nH]c4ccccc4c3C[C@@H]2C1=O. The molecule has 1 saturated heterocycles. The molecule has 2 aliphatic rings. The molecule has 1 aromatic heterocycles. The third-order valence-corrected chi connectivity index (χ3v) is 5.81. The molecule has 0 radical (unpaired) electrons. The molecular formula is C23H21N3O2. The molecule has 0 aliphatic carbocycles. The van der Waals surface area contributed by atoms with Crippen LogP contribution in [0.25, 0.3) is 10.9 Å². The molecule has 2 amide bonds. The fourth-order valence-corrected chi connectivity index (χ4v) is 4.62. The lowest BCUT2D eigenvalue weighted by molar-refractivity contribution is -0.158. The van der Waals surface area contributed by atoms with Crippen LogP contribution in [0, 0.1) is 0 Å². The maximum absolute atomic E-state index is 13.2. The van der Waals surface area contributed by atoms with Gasteiger partial charge in [0, 0.05) is 29.6 Å². The molecule has 0 bridgehead atoms. The summed E-state index contributed by atoms with van der Waals surface area (Å²) in [5.74, 6) is -0.0269. The van der Waals surface area contributed by atoms with E-state index in [2.05, 4.69) is 17.6 Å². The van der Waals surface area contributed by atoms with E-state index >= 15 is 0 Å². The molecule has 2 atom stereocenters. The summed E-state index contributed by atoms with van der Waals surface area (Å²) in [7, 11) is 0. The van der Waals surface area contributed by atoms with Gasteiger partial charge in [-0.1, -0.05) is 54.6 Å². The molecule has 5 rings (SSSR count). The van der Waals surface area contributed by atoms with Gasteiger partial charge in [0.05, 0.1) is 6.04 Å². The Kier molecular flexibility index (Phi) is 3.83. The van der Waals surface area contributed by atoms with Crippen LogP contribution in [-0.2, 0) is 16.0 Å². The molecule has 0 spiro atoms. The number of H-pyrrole nitrogens is 1. The Morgan fingerprint density at radius 3 is 2.61 bits per heavy atom. The molecule has 1 unspecified atom stereocenters. The van der Waals surface area contributed by atoms with Crippen molar-refractivity contribution in [2.45, 2.75) is 18.5 Å². The third-order valence-electron chi connectivity index (χ3n) is 5.81. The van der Waals surface area contributed by atoms with Crippen molar-refractivity contribution < 1.29 is 9.59 Å². The Bertz CT molecular complexity index is 1090. The molecule has 5 nitrogen and oxygen atoms in total. The number of carbonyl (C=O) groups is 2. The molecule has 3 aromatic rings. The highest BCUT2D eigenvalue weighted by atomic mass is 16.2. The minimum absolute atomic E-state index is 0.00337. The summed E-state index contributed by atoms with van der Waals surface area (Å²) in [6, 6.07) is 17.3. The van der Waals surface area contributed by atoms with Crippen molar-refractivity contribution in [1.82, 2.24) is 14.8 Å². The highest BCUT2D eigenvalue weighted by Crippen LogP contribution is 2.42. The predicted molar refractivity (Wildman–Crippen MR) is 108 cm³/mol. The van der Waals surface area contributed by atoms with E-state index in [-0.39, 0.29) is 24.4 Å². The van der Waals surface area contributed by atoms with Crippen LogP contribution in [0.15, 0.2) is 67.3 Å². The van der Waals surface area contributed by atoms with Gasteiger partial charge in [0.25, 0.3) is 0 Å². The number of hydrogen-bond acceptors (Lipinski definition) is 2. The van der Waals surface area contributed by atoms with E-state index in [0.29, 0.717) is 13.0 Å². The van der Waals surface area contributed by atoms with Crippen LogP contribution in [0.4, 0.5) is 0 Å². The van der Waals surface area contributed by atoms with Crippen LogP contribution in [-0.4, -0.2) is 45.7 Å². The fourth-order valence-electron chi connectivity index (χ4n) is 4.62. The van der Waals surface area contributed by atoms with Gasteiger partial charge in [-0.05, 0) is 17.2 Å². The van der Waals surface area contributed by atoms with Crippen molar-refractivity contribution in [2.24, 2.45) is 0 Å². The van der Waals surface area contributed by atoms with Gasteiger partial charge in [-0.3, -0.25) is 9.59 Å². The number of hydrogen-bond donors (Lipinski definition) is 1. The van der Waals surface area contributed by atoms with Gasteiger partial charge in [0.1, 0.15) is 12.6 Å². The molecular weight excluding hydrogens is 350 g/mol.